The van der Waals surface area contributed by atoms with Gasteiger partial charge in [-0.25, -0.2) is 0 Å². The molecule has 0 rings (SSSR count). The molecule has 0 amide bonds. The molecule has 0 saturated carbocycles. The molecule has 0 heterocycles. The first kappa shape index (κ1) is 6.43. The van der Waals surface area contributed by atoms with E-state index in [4.69, 9.17) is 5.11 Å². The van der Waals surface area contributed by atoms with Gasteiger partial charge >= 0.3 is 0 Å². The minimum absolute atomic E-state index is 0.0121. The summed E-state index contributed by atoms with van der Waals surface area (Å²) in [5.41, 5.74) is 0. The lowest BCUT2D eigenvalue weighted by Gasteiger charge is -1.99. The number of aliphatic hydroxyl groups is 1. The number of hydrogen-bond acceptors (Lipinski definition) is 3. The molecule has 3 heteroatoms. The van der Waals surface area contributed by atoms with Crippen LogP contribution < -0.4 is 0 Å². The molecule has 0 aliphatic heterocycles. The number of rotatable bonds is 2. The quantitative estimate of drug-likeness (QED) is 0.378. The van der Waals surface area contributed by atoms with Gasteiger partial charge in [0.25, 0.3) is 0 Å². The van der Waals surface area contributed by atoms with Crippen molar-refractivity contribution in [2.24, 2.45) is 5.10 Å². The molecule has 0 spiro atoms. The lowest BCUT2D eigenvalue weighted by molar-refractivity contribution is 0.354. The van der Waals surface area contributed by atoms with Gasteiger partial charge in [-0.2, -0.15) is 5.10 Å². The zero-order valence-corrected chi connectivity index (χ0v) is 4.63. The molecule has 0 aromatic heterocycles. The minimum atomic E-state index is 0.0121. The van der Waals surface area contributed by atoms with Gasteiger partial charge in [-0.05, 0) is 0 Å². The highest BCUT2D eigenvalue weighted by Crippen LogP contribution is 1.68. The van der Waals surface area contributed by atoms with Crippen LogP contribution in [0.25, 0.3) is 0 Å². The van der Waals surface area contributed by atoms with Crippen molar-refractivity contribution in [2.75, 3.05) is 20.7 Å². The average molecular weight is 102 g/mol. The van der Waals surface area contributed by atoms with Gasteiger partial charge in [-0.3, -0.25) is 0 Å². The molecule has 42 valence electrons. The third kappa shape index (κ3) is 5.43. The van der Waals surface area contributed by atoms with Gasteiger partial charge in [0.1, 0.15) is 0 Å². The molecule has 7 heavy (non-hydrogen) atoms. The van der Waals surface area contributed by atoms with Gasteiger partial charge in [0.15, 0.2) is 0 Å². The summed E-state index contributed by atoms with van der Waals surface area (Å²) >= 11 is 0. The molecule has 0 fully saturated rings. The Bertz CT molecular complexity index is 60.7. The first-order chi connectivity index (χ1) is 3.27. The van der Waals surface area contributed by atoms with Gasteiger partial charge in [-0.1, -0.05) is 0 Å². The summed E-state index contributed by atoms with van der Waals surface area (Å²) in [7, 11) is 3.60. The van der Waals surface area contributed by atoms with Gasteiger partial charge < -0.3 is 10.1 Å². The second kappa shape index (κ2) is 3.61. The van der Waals surface area contributed by atoms with E-state index in [1.807, 2.05) is 0 Å². The normalized spacial score (nSPS) is 10.1. The van der Waals surface area contributed by atoms with E-state index in [1.54, 1.807) is 19.1 Å². The van der Waals surface area contributed by atoms with Gasteiger partial charge in [0.05, 0.1) is 6.61 Å². The Balaban J connectivity index is 3.08. The van der Waals surface area contributed by atoms with Gasteiger partial charge in [0.2, 0.25) is 0 Å². The van der Waals surface area contributed by atoms with Crippen LogP contribution in [0.1, 0.15) is 0 Å². The van der Waals surface area contributed by atoms with Crippen LogP contribution >= 0.6 is 0 Å². The molecule has 0 aromatic rings. The van der Waals surface area contributed by atoms with Crippen LogP contribution in [0.5, 0.6) is 0 Å². The first-order valence-electron chi connectivity index (χ1n) is 2.08. The van der Waals surface area contributed by atoms with Gasteiger partial charge in [0, 0.05) is 20.3 Å². The third-order valence-electron chi connectivity index (χ3n) is 0.394. The highest BCUT2D eigenvalue weighted by Gasteiger charge is 1.70. The van der Waals surface area contributed by atoms with Gasteiger partial charge in [-0.15, -0.1) is 0 Å². The highest BCUT2D eigenvalue weighted by atomic mass is 16.3. The average Bonchev–Trinajstić information content (AvgIpc) is 1.61. The maximum Gasteiger partial charge on any atom is 0.0801 e. The summed E-state index contributed by atoms with van der Waals surface area (Å²) in [6.07, 6.45) is 1.43. The summed E-state index contributed by atoms with van der Waals surface area (Å²) in [6.45, 7) is 0.0121. The van der Waals surface area contributed by atoms with E-state index in [9.17, 15) is 0 Å². The molecule has 0 aromatic carbocycles. The van der Waals surface area contributed by atoms with Crippen molar-refractivity contribution < 1.29 is 5.11 Å². The Morgan fingerprint density at radius 2 is 2.29 bits per heavy atom. The number of hydrogen-bond donors (Lipinski definition) is 1. The molecule has 0 unspecified atom stereocenters. The monoisotopic (exact) mass is 102 g/mol. The Kier molecular flexibility index (Phi) is 3.32. The number of hydrazone groups is 1. The van der Waals surface area contributed by atoms with Crippen LogP contribution in [0.15, 0.2) is 5.10 Å². The smallest absolute Gasteiger partial charge is 0.0801 e. The van der Waals surface area contributed by atoms with E-state index in [0.29, 0.717) is 0 Å². The van der Waals surface area contributed by atoms with Crippen LogP contribution in [0.3, 0.4) is 0 Å². The van der Waals surface area contributed by atoms with Crippen molar-refractivity contribution in [2.45, 2.75) is 0 Å². The van der Waals surface area contributed by atoms with Crippen LogP contribution in [-0.2, 0) is 0 Å². The Morgan fingerprint density at radius 3 is 2.43 bits per heavy atom. The second-order valence-corrected chi connectivity index (χ2v) is 1.33. The molecule has 0 aliphatic rings. The van der Waals surface area contributed by atoms with Crippen LogP contribution in [0, 0.1) is 0 Å². The van der Waals surface area contributed by atoms with E-state index >= 15 is 0 Å². The van der Waals surface area contributed by atoms with Crippen LogP contribution in [0.2, 0.25) is 0 Å². The van der Waals surface area contributed by atoms with E-state index in [1.165, 1.54) is 6.21 Å². The van der Waals surface area contributed by atoms with Crippen molar-refractivity contribution in [3.63, 3.8) is 0 Å². The lowest BCUT2D eigenvalue weighted by atomic mass is 10.8. The van der Waals surface area contributed by atoms with Crippen molar-refractivity contribution in [3.05, 3.63) is 0 Å². The van der Waals surface area contributed by atoms with E-state index in [2.05, 4.69) is 5.10 Å². The molecule has 0 saturated heterocycles. The first-order valence-corrected chi connectivity index (χ1v) is 2.08. The molecule has 0 radical (unpaired) electrons. The number of aliphatic hydroxyl groups excluding tert-OH is 1. The second-order valence-electron chi connectivity index (χ2n) is 1.33. The molecule has 0 atom stereocenters. The summed E-state index contributed by atoms with van der Waals surface area (Å²) in [5.74, 6) is 0. The molecular weight excluding hydrogens is 92.1 g/mol. The fourth-order valence-corrected chi connectivity index (χ4v) is 0.200. The fourth-order valence-electron chi connectivity index (χ4n) is 0.200. The molecule has 0 aliphatic carbocycles. The standard InChI is InChI=1S/C4H10N2O/c1-6(2)5-3-4-7/h3,7H,4H2,1-2H3/b5-3+. The van der Waals surface area contributed by atoms with E-state index in [0.717, 1.165) is 0 Å². The lowest BCUT2D eigenvalue weighted by Crippen LogP contribution is -2.02. The predicted octanol–water partition coefficient (Wildman–Crippen LogP) is -0.474. The zero-order valence-electron chi connectivity index (χ0n) is 4.63. The Labute approximate surface area is 43.3 Å². The third-order valence-corrected chi connectivity index (χ3v) is 0.394. The maximum absolute atomic E-state index is 8.14. The Hall–Kier alpha value is -0.570. The minimum Gasteiger partial charge on any atom is -0.391 e. The van der Waals surface area contributed by atoms with Crippen LogP contribution in [0.4, 0.5) is 0 Å². The summed E-state index contributed by atoms with van der Waals surface area (Å²) in [6, 6.07) is 0. The summed E-state index contributed by atoms with van der Waals surface area (Å²) < 4.78 is 0. The maximum atomic E-state index is 8.14. The fraction of sp³-hybridized carbons (Fsp3) is 0.750. The van der Waals surface area contributed by atoms with Crippen molar-refractivity contribution in [1.82, 2.24) is 5.01 Å². The summed E-state index contributed by atoms with van der Waals surface area (Å²) in [4.78, 5) is 0. The van der Waals surface area contributed by atoms with E-state index < -0.39 is 0 Å². The predicted molar refractivity (Wildman–Crippen MR) is 29.3 cm³/mol. The SMILES string of the molecule is CN(C)/N=C/CO. The largest absolute Gasteiger partial charge is 0.391 e. The highest BCUT2D eigenvalue weighted by molar-refractivity contribution is 5.57. The Morgan fingerprint density at radius 1 is 1.71 bits per heavy atom. The molecule has 3 nitrogen and oxygen atoms in total. The molecule has 0 bridgehead atoms. The van der Waals surface area contributed by atoms with E-state index in [-0.39, 0.29) is 6.61 Å². The summed E-state index contributed by atoms with van der Waals surface area (Å²) in [5, 5.41) is 13.5. The molecule has 1 N–H and O–H groups in total. The van der Waals surface area contributed by atoms with Crippen LogP contribution in [-0.4, -0.2) is 37.0 Å². The topological polar surface area (TPSA) is 35.8 Å². The van der Waals surface area contributed by atoms with Crippen molar-refractivity contribution in [3.8, 4) is 0 Å². The molecular formula is C4H10N2O. The zero-order chi connectivity index (χ0) is 5.70. The number of nitrogens with zero attached hydrogens (tertiary/aromatic N) is 2. The van der Waals surface area contributed by atoms with Crippen molar-refractivity contribution in [1.29, 1.82) is 0 Å². The van der Waals surface area contributed by atoms with Crippen molar-refractivity contribution >= 4 is 6.21 Å².